The lowest BCUT2D eigenvalue weighted by Crippen LogP contribution is -2.64. The highest BCUT2D eigenvalue weighted by Gasteiger charge is 2.66. The van der Waals surface area contributed by atoms with Crippen molar-refractivity contribution in [2.45, 2.75) is 57.0 Å². The third-order valence-corrected chi connectivity index (χ3v) is 4.56. The van der Waals surface area contributed by atoms with Gasteiger partial charge in [-0.2, -0.15) is 0 Å². The third kappa shape index (κ3) is 0.844. The minimum absolute atomic E-state index is 0.00116. The number of piperidine rings is 2. The summed E-state index contributed by atoms with van der Waals surface area (Å²) in [6.45, 7) is 4.35. The van der Waals surface area contributed by atoms with Gasteiger partial charge in [0.05, 0.1) is 0 Å². The predicted octanol–water partition coefficient (Wildman–Crippen LogP) is 2.51. The molecule has 2 nitrogen and oxygen atoms in total. The minimum Gasteiger partial charge on any atom is -0.0465 e. The van der Waals surface area contributed by atoms with Crippen LogP contribution in [0.3, 0.4) is 0 Å². The molecule has 0 atom stereocenters. The summed E-state index contributed by atoms with van der Waals surface area (Å²) >= 11 is 0. The molecule has 0 aromatic heterocycles. The Hall–Kier alpha value is -0.400. The molecular formula is C11H18NO+. The molecule has 0 unspecified atom stereocenters. The molecule has 0 spiro atoms. The van der Waals surface area contributed by atoms with E-state index in [9.17, 15) is 4.91 Å². The summed E-state index contributed by atoms with van der Waals surface area (Å²) in [6, 6.07) is 0. The van der Waals surface area contributed by atoms with Crippen molar-refractivity contribution in [3.63, 3.8) is 0 Å². The molecule has 4 rings (SSSR count). The smallest absolute Gasteiger partial charge is 0.0465 e. The largest absolute Gasteiger partial charge is 0.209 e. The van der Waals surface area contributed by atoms with E-state index in [0.717, 1.165) is 37.5 Å². The first-order chi connectivity index (χ1) is 6.02. The fraction of sp³-hybridized carbons (Fsp3) is 1.00. The average molecular weight is 180 g/mol. The van der Waals surface area contributed by atoms with Crippen molar-refractivity contribution in [2.24, 2.45) is 11.8 Å². The normalized spacial score (nSPS) is 58.8. The molecular weight excluding hydrogens is 162 g/mol. The summed E-state index contributed by atoms with van der Waals surface area (Å²) in [4.78, 5) is 12.1. The summed E-state index contributed by atoms with van der Waals surface area (Å²) in [5, 5.41) is 0. The molecule has 2 heterocycles. The van der Waals surface area contributed by atoms with Crippen molar-refractivity contribution in [1.29, 1.82) is 0 Å². The van der Waals surface area contributed by atoms with Crippen LogP contribution in [0.5, 0.6) is 0 Å². The number of hydrogen-bond donors (Lipinski definition) is 0. The first kappa shape index (κ1) is 7.95. The van der Waals surface area contributed by atoms with Crippen LogP contribution in [0.15, 0.2) is 0 Å². The van der Waals surface area contributed by atoms with Gasteiger partial charge in [0, 0.05) is 49.2 Å². The lowest BCUT2D eigenvalue weighted by Gasteiger charge is -2.52. The van der Waals surface area contributed by atoms with E-state index in [0.29, 0.717) is 0 Å². The molecule has 2 saturated carbocycles. The van der Waals surface area contributed by atoms with Gasteiger partial charge in [-0.3, -0.25) is 0 Å². The van der Waals surface area contributed by atoms with Crippen LogP contribution >= 0.6 is 0 Å². The highest BCUT2D eigenvalue weighted by Crippen LogP contribution is 2.56. The predicted molar refractivity (Wildman–Crippen MR) is 50.5 cm³/mol. The maximum absolute atomic E-state index is 12.1. The molecule has 72 valence electrons. The van der Waals surface area contributed by atoms with E-state index in [1.807, 2.05) is 0 Å². The van der Waals surface area contributed by atoms with Crippen molar-refractivity contribution in [3.05, 3.63) is 4.91 Å². The van der Waals surface area contributed by atoms with Crippen molar-refractivity contribution in [3.8, 4) is 0 Å². The monoisotopic (exact) mass is 180 g/mol. The van der Waals surface area contributed by atoms with E-state index in [4.69, 9.17) is 0 Å². The van der Waals surface area contributed by atoms with Gasteiger partial charge in [-0.25, -0.2) is 0 Å². The molecule has 0 N–H and O–H groups in total. The lowest BCUT2D eigenvalue weighted by atomic mass is 9.55. The molecule has 2 heteroatoms. The van der Waals surface area contributed by atoms with E-state index < -0.39 is 0 Å². The zero-order chi connectivity index (χ0) is 9.27. The van der Waals surface area contributed by atoms with Gasteiger partial charge in [0.25, 0.3) is 0 Å². The van der Waals surface area contributed by atoms with Crippen LogP contribution in [0.1, 0.15) is 46.0 Å². The molecule has 4 aliphatic rings. The number of rotatable bonds is 0. The second-order valence-electron chi connectivity index (χ2n) is 6.07. The molecule has 4 fully saturated rings. The Kier molecular flexibility index (Phi) is 1.22. The second-order valence-corrected chi connectivity index (χ2v) is 6.07. The molecule has 0 amide bonds. The van der Waals surface area contributed by atoms with Crippen LogP contribution in [0.25, 0.3) is 0 Å². The summed E-state index contributed by atoms with van der Waals surface area (Å²) < 4.78 is 1.45. The van der Waals surface area contributed by atoms with E-state index in [-0.39, 0.29) is 11.1 Å². The van der Waals surface area contributed by atoms with Gasteiger partial charge in [-0.05, 0) is 18.3 Å². The quantitative estimate of drug-likeness (QED) is 0.524. The Morgan fingerprint density at radius 3 is 1.77 bits per heavy atom. The Balaban J connectivity index is 2.08. The minimum atomic E-state index is -0.00116. The van der Waals surface area contributed by atoms with Gasteiger partial charge in [0.1, 0.15) is 0 Å². The fourth-order valence-electron chi connectivity index (χ4n) is 4.59. The Labute approximate surface area is 79.3 Å². The number of hydrogen-bond acceptors (Lipinski definition) is 1. The second kappa shape index (κ2) is 1.99. The standard InChI is InChI=1S/C11H18NO/c1-10-4-8-3-9(5-10)7-11(2,6-8)12(10)13/h8-9H,3-7H2,1-2H3/q+1. The van der Waals surface area contributed by atoms with Gasteiger partial charge < -0.3 is 0 Å². The van der Waals surface area contributed by atoms with Crippen LogP contribution in [-0.4, -0.2) is 15.8 Å². The molecule has 2 aliphatic carbocycles. The van der Waals surface area contributed by atoms with Crippen molar-refractivity contribution < 1.29 is 4.76 Å². The van der Waals surface area contributed by atoms with Gasteiger partial charge in [0.2, 0.25) is 11.1 Å². The van der Waals surface area contributed by atoms with Crippen LogP contribution in [0.2, 0.25) is 0 Å². The van der Waals surface area contributed by atoms with E-state index in [2.05, 4.69) is 13.8 Å². The molecule has 13 heavy (non-hydrogen) atoms. The zero-order valence-electron chi connectivity index (χ0n) is 8.55. The SMILES string of the molecule is CC12CC3CC(C1)CC(C)(C3)[N+]2=O. The summed E-state index contributed by atoms with van der Waals surface area (Å²) in [7, 11) is 0. The number of nitrogens with zero attached hydrogens (tertiary/aromatic N) is 1. The van der Waals surface area contributed by atoms with Crippen LogP contribution in [0, 0.1) is 16.7 Å². The number of nitroso groups, excluding NO2 is 1. The van der Waals surface area contributed by atoms with Crippen LogP contribution in [0.4, 0.5) is 0 Å². The van der Waals surface area contributed by atoms with Crippen LogP contribution in [-0.2, 0) is 0 Å². The van der Waals surface area contributed by atoms with Crippen LogP contribution < -0.4 is 0 Å². The Morgan fingerprint density at radius 2 is 1.38 bits per heavy atom. The third-order valence-electron chi connectivity index (χ3n) is 4.56. The Morgan fingerprint density at radius 1 is 1.00 bits per heavy atom. The maximum atomic E-state index is 12.1. The zero-order valence-corrected chi connectivity index (χ0v) is 8.55. The summed E-state index contributed by atoms with van der Waals surface area (Å²) in [6.07, 6.45) is 6.02. The van der Waals surface area contributed by atoms with Gasteiger partial charge >= 0.3 is 0 Å². The highest BCUT2D eigenvalue weighted by molar-refractivity contribution is 5.02. The van der Waals surface area contributed by atoms with Gasteiger partial charge in [-0.15, -0.1) is 0 Å². The van der Waals surface area contributed by atoms with E-state index in [1.165, 1.54) is 11.2 Å². The summed E-state index contributed by atoms with van der Waals surface area (Å²) in [5.41, 5.74) is -0.00231. The molecule has 2 saturated heterocycles. The molecule has 0 radical (unpaired) electrons. The molecule has 4 bridgehead atoms. The first-order valence-corrected chi connectivity index (χ1v) is 5.49. The summed E-state index contributed by atoms with van der Waals surface area (Å²) in [5.74, 6) is 1.71. The highest BCUT2D eigenvalue weighted by atomic mass is 16.3. The topological polar surface area (TPSA) is 20.1 Å². The van der Waals surface area contributed by atoms with Gasteiger partial charge in [0.15, 0.2) is 0 Å². The molecule has 0 aromatic rings. The van der Waals surface area contributed by atoms with Crippen molar-refractivity contribution >= 4 is 0 Å². The molecule has 2 aliphatic heterocycles. The Bertz CT molecular complexity index is 246. The fourth-order valence-corrected chi connectivity index (χ4v) is 4.59. The lowest BCUT2D eigenvalue weighted by molar-refractivity contribution is -0.721. The van der Waals surface area contributed by atoms with Crippen molar-refractivity contribution in [2.75, 3.05) is 0 Å². The van der Waals surface area contributed by atoms with E-state index in [1.54, 1.807) is 0 Å². The van der Waals surface area contributed by atoms with Gasteiger partial charge in [-0.1, -0.05) is 0 Å². The van der Waals surface area contributed by atoms with Crippen molar-refractivity contribution in [1.82, 2.24) is 0 Å². The first-order valence-electron chi connectivity index (χ1n) is 5.49. The maximum Gasteiger partial charge on any atom is 0.209 e. The molecule has 0 aromatic carbocycles. The average Bonchev–Trinajstić information content (AvgIpc) is 1.97. The van der Waals surface area contributed by atoms with E-state index >= 15 is 0 Å².